The topological polar surface area (TPSA) is 105 Å². The van der Waals surface area contributed by atoms with Crippen LogP contribution in [0.3, 0.4) is 0 Å². The number of ether oxygens (including phenoxy) is 1. The molecule has 1 aliphatic heterocycles. The third-order valence-corrected chi connectivity index (χ3v) is 4.67. The first-order chi connectivity index (χ1) is 10.6. The maximum Gasteiger partial charge on any atom is 0.330 e. The molecule has 0 radical (unpaired) electrons. The highest BCUT2D eigenvalue weighted by atomic mass is 28.3. The third-order valence-electron chi connectivity index (χ3n) is 3.51. The normalized spacial score (nSPS) is 28.6. The van der Waals surface area contributed by atoms with Crippen molar-refractivity contribution in [1.82, 2.24) is 9.55 Å². The van der Waals surface area contributed by atoms with Gasteiger partial charge in [-0.1, -0.05) is 31.4 Å². The van der Waals surface area contributed by atoms with Gasteiger partial charge in [0.05, 0.1) is 20.2 Å². The molecule has 7 nitrogen and oxygen atoms in total. The van der Waals surface area contributed by atoms with E-state index in [-0.39, 0.29) is 5.56 Å². The second kappa shape index (κ2) is 6.52. The van der Waals surface area contributed by atoms with E-state index < -0.39 is 50.5 Å². The Hall–Kier alpha value is -1.55. The van der Waals surface area contributed by atoms with Crippen LogP contribution in [0.1, 0.15) is 11.8 Å². The Morgan fingerprint density at radius 3 is 2.61 bits per heavy atom. The molecule has 0 saturated carbocycles. The predicted molar refractivity (Wildman–Crippen MR) is 85.6 cm³/mol. The van der Waals surface area contributed by atoms with Crippen LogP contribution in [0.4, 0.5) is 4.39 Å². The molecule has 2 rings (SSSR count). The molecule has 1 aliphatic rings. The fraction of sp³-hybridized carbons (Fsp3) is 0.571. The molecule has 9 heteroatoms. The first kappa shape index (κ1) is 17.8. The van der Waals surface area contributed by atoms with Crippen LogP contribution in [0.2, 0.25) is 19.6 Å². The van der Waals surface area contributed by atoms with E-state index in [0.29, 0.717) is 0 Å². The summed E-state index contributed by atoms with van der Waals surface area (Å²) in [4.78, 5) is 25.9. The molecule has 1 aromatic heterocycles. The highest BCUT2D eigenvalue weighted by molar-refractivity contribution is 6.81. The van der Waals surface area contributed by atoms with E-state index in [4.69, 9.17) is 9.84 Å². The quantitative estimate of drug-likeness (QED) is 0.668. The minimum atomic E-state index is -1.88. The molecule has 1 aromatic rings. The zero-order valence-electron chi connectivity index (χ0n) is 13.2. The molecule has 2 heterocycles. The monoisotopic (exact) mass is 344 g/mol. The van der Waals surface area contributed by atoms with E-state index in [9.17, 15) is 19.1 Å². The molecule has 128 valence electrons. The lowest BCUT2D eigenvalue weighted by atomic mass is 10.1. The average molecular weight is 344 g/mol. The number of hydrogen-bond acceptors (Lipinski definition) is 5. The largest absolute Gasteiger partial charge is 0.394 e. The molecule has 0 aliphatic carbocycles. The molecule has 0 spiro atoms. The van der Waals surface area contributed by atoms with Crippen molar-refractivity contribution in [2.75, 3.05) is 6.61 Å². The van der Waals surface area contributed by atoms with Gasteiger partial charge < -0.3 is 14.9 Å². The summed E-state index contributed by atoms with van der Waals surface area (Å²) < 4.78 is 20.2. The summed E-state index contributed by atoms with van der Waals surface area (Å²) in [6, 6.07) is 0. The molecule has 0 aromatic carbocycles. The van der Waals surface area contributed by atoms with E-state index in [1.165, 1.54) is 6.20 Å². The molecule has 4 atom stereocenters. The number of nitrogens with one attached hydrogen (secondary N) is 1. The lowest BCUT2D eigenvalue weighted by Crippen LogP contribution is -2.37. The van der Waals surface area contributed by atoms with Crippen molar-refractivity contribution in [1.29, 1.82) is 0 Å². The maximum absolute atomic E-state index is 14.1. The fourth-order valence-corrected chi connectivity index (χ4v) is 2.91. The van der Waals surface area contributed by atoms with Crippen LogP contribution in [-0.4, -0.2) is 52.8 Å². The van der Waals surface area contributed by atoms with Crippen molar-refractivity contribution in [2.24, 2.45) is 0 Å². The summed E-state index contributed by atoms with van der Waals surface area (Å²) in [5.41, 5.74) is 0.706. The number of aromatic nitrogens is 2. The number of rotatable bonds is 4. The molecule has 0 bridgehead atoms. The summed E-state index contributed by atoms with van der Waals surface area (Å²) in [6.45, 7) is 5.66. The number of alkyl halides is 1. The third kappa shape index (κ3) is 3.86. The number of aliphatic hydroxyl groups is 2. The van der Waals surface area contributed by atoms with Gasteiger partial charge >= 0.3 is 5.69 Å². The van der Waals surface area contributed by atoms with Gasteiger partial charge in [-0.05, 0) is 0 Å². The number of H-pyrrole nitrogens is 1. The van der Waals surface area contributed by atoms with Crippen LogP contribution in [-0.2, 0) is 4.74 Å². The highest BCUT2D eigenvalue weighted by Crippen LogP contribution is 2.30. The summed E-state index contributed by atoms with van der Waals surface area (Å²) in [5, 5.41) is 18.7. The smallest absolute Gasteiger partial charge is 0.330 e. The molecule has 1 saturated heterocycles. The average Bonchev–Trinajstić information content (AvgIpc) is 2.73. The van der Waals surface area contributed by atoms with Gasteiger partial charge in [-0.3, -0.25) is 14.3 Å². The van der Waals surface area contributed by atoms with E-state index in [1.807, 2.05) is 5.70 Å². The van der Waals surface area contributed by atoms with Gasteiger partial charge in [-0.2, -0.15) is 0 Å². The van der Waals surface area contributed by atoms with E-state index in [2.05, 4.69) is 24.6 Å². The predicted octanol–water partition coefficient (Wildman–Crippen LogP) is 0.0159. The van der Waals surface area contributed by atoms with Crippen LogP contribution >= 0.6 is 0 Å². The second-order valence-electron chi connectivity index (χ2n) is 6.63. The fourth-order valence-electron chi connectivity index (χ4n) is 2.23. The number of aliphatic hydroxyl groups excluding tert-OH is 2. The van der Waals surface area contributed by atoms with Crippen molar-refractivity contribution in [3.63, 3.8) is 0 Å². The number of aromatic amines is 1. The molecule has 23 heavy (non-hydrogen) atoms. The minimum Gasteiger partial charge on any atom is -0.394 e. The van der Waals surface area contributed by atoms with Gasteiger partial charge in [0.25, 0.3) is 5.56 Å². The van der Waals surface area contributed by atoms with Gasteiger partial charge in [0, 0.05) is 6.20 Å². The Morgan fingerprint density at radius 1 is 1.43 bits per heavy atom. The van der Waals surface area contributed by atoms with E-state index in [1.54, 1.807) is 6.08 Å². The summed E-state index contributed by atoms with van der Waals surface area (Å²) in [6.07, 6.45) is -3.13. The molecule has 3 N–H and O–H groups in total. The first-order valence-electron chi connectivity index (χ1n) is 7.27. The lowest BCUT2D eigenvalue weighted by molar-refractivity contribution is -0.0491. The Kier molecular flexibility index (Phi) is 5.04. The Labute approximate surface area is 133 Å². The maximum atomic E-state index is 14.1. The number of nitrogens with zero attached hydrogens (tertiary/aromatic N) is 1. The zero-order valence-corrected chi connectivity index (χ0v) is 14.2. The number of halogens is 1. The van der Waals surface area contributed by atoms with Crippen molar-refractivity contribution in [3.05, 3.63) is 38.3 Å². The molecule has 0 amide bonds. The Morgan fingerprint density at radius 2 is 2.09 bits per heavy atom. The highest BCUT2D eigenvalue weighted by Gasteiger charge is 2.45. The van der Waals surface area contributed by atoms with Crippen molar-refractivity contribution >= 4 is 14.1 Å². The molecular weight excluding hydrogens is 323 g/mol. The summed E-state index contributed by atoms with van der Waals surface area (Å²) in [5.74, 6) is 0. The molecular formula is C14H21FN2O5Si. The van der Waals surface area contributed by atoms with Gasteiger partial charge in [-0.15, -0.1) is 0 Å². The Balaban J connectivity index is 2.42. The van der Waals surface area contributed by atoms with Gasteiger partial charge in [-0.25, -0.2) is 9.18 Å². The van der Waals surface area contributed by atoms with Crippen molar-refractivity contribution in [2.45, 2.75) is 44.2 Å². The Bertz CT molecular complexity index is 708. The van der Waals surface area contributed by atoms with Gasteiger partial charge in [0.15, 0.2) is 12.4 Å². The van der Waals surface area contributed by atoms with Crippen LogP contribution in [0.5, 0.6) is 0 Å². The number of hydrogen-bond donors (Lipinski definition) is 3. The van der Waals surface area contributed by atoms with E-state index >= 15 is 0 Å². The lowest BCUT2D eigenvalue weighted by Gasteiger charge is -2.16. The summed E-state index contributed by atoms with van der Waals surface area (Å²) in [7, 11) is -1.57. The van der Waals surface area contributed by atoms with Crippen LogP contribution in [0, 0.1) is 0 Å². The summed E-state index contributed by atoms with van der Waals surface area (Å²) >= 11 is 0. The van der Waals surface area contributed by atoms with Crippen LogP contribution < -0.4 is 11.2 Å². The minimum absolute atomic E-state index is 0.199. The van der Waals surface area contributed by atoms with Crippen LogP contribution in [0.15, 0.2) is 21.5 Å². The SMILES string of the molecule is C[Si](C)(C)/C=C/c1cn(C2OC(CO)C(O)C2F)c(=O)[nH]c1=O. The second-order valence-corrected chi connectivity index (χ2v) is 11.7. The van der Waals surface area contributed by atoms with Crippen molar-refractivity contribution < 1.29 is 19.3 Å². The zero-order chi connectivity index (χ0) is 17.4. The van der Waals surface area contributed by atoms with Gasteiger partial charge in [0.1, 0.15) is 12.2 Å². The van der Waals surface area contributed by atoms with Crippen molar-refractivity contribution in [3.8, 4) is 0 Å². The first-order valence-corrected chi connectivity index (χ1v) is 10.8. The molecule has 4 unspecified atom stereocenters. The van der Waals surface area contributed by atoms with Gasteiger partial charge in [0.2, 0.25) is 0 Å². The molecule has 1 fully saturated rings. The van der Waals surface area contributed by atoms with E-state index in [0.717, 1.165) is 4.57 Å². The van der Waals surface area contributed by atoms with Crippen LogP contribution in [0.25, 0.3) is 6.08 Å². The standard InChI is InChI=1S/C14H21FN2O5Si/c1-23(2,3)5-4-8-6-17(14(21)16-12(8)20)13-10(15)11(19)9(7-18)22-13/h4-6,9-11,13,18-19H,7H2,1-3H3,(H,16,20,21)/b5-4+.